The van der Waals surface area contributed by atoms with Gasteiger partial charge in [-0.3, -0.25) is 9.69 Å². The molecule has 0 radical (unpaired) electrons. The van der Waals surface area contributed by atoms with E-state index in [4.69, 9.17) is 10.5 Å². The fraction of sp³-hybridized carbons (Fsp3) is 0.533. The molecule has 2 rings (SSSR count). The second-order valence-electron chi connectivity index (χ2n) is 5.22. The van der Waals surface area contributed by atoms with E-state index in [0.717, 1.165) is 32.8 Å². The van der Waals surface area contributed by atoms with Crippen LogP contribution < -0.4 is 5.73 Å². The van der Waals surface area contributed by atoms with E-state index in [9.17, 15) is 4.79 Å². The Labute approximate surface area is 144 Å². The Morgan fingerprint density at radius 3 is 2.59 bits per heavy atom. The maximum atomic E-state index is 12.5. The number of halogens is 2. The number of anilines is 1. The Morgan fingerprint density at radius 1 is 1.32 bits per heavy atom. The summed E-state index contributed by atoms with van der Waals surface area (Å²) in [5.41, 5.74) is 7.03. The minimum atomic E-state index is 0. The number of nitrogen functional groups attached to an aromatic ring is 1. The number of benzene rings is 1. The number of carbonyl (C=O) groups is 1. The summed E-state index contributed by atoms with van der Waals surface area (Å²) in [7, 11) is 1.71. The number of nitrogens with two attached hydrogens (primary N) is 1. The molecule has 0 aromatic heterocycles. The zero-order valence-electron chi connectivity index (χ0n) is 13.0. The molecule has 7 heteroatoms. The molecule has 1 aromatic carbocycles. The molecule has 126 valence electrons. The van der Waals surface area contributed by atoms with Crippen LogP contribution in [0.15, 0.2) is 24.3 Å². The Morgan fingerprint density at radius 2 is 2.00 bits per heavy atom. The van der Waals surface area contributed by atoms with E-state index in [-0.39, 0.29) is 30.7 Å². The quantitative estimate of drug-likeness (QED) is 0.843. The predicted octanol–water partition coefficient (Wildman–Crippen LogP) is 1.91. The Hall–Kier alpha value is -1.01. The molecule has 5 nitrogen and oxygen atoms in total. The van der Waals surface area contributed by atoms with Crippen LogP contribution in [-0.4, -0.2) is 61.6 Å². The number of ether oxygens (including phenoxy) is 1. The maximum Gasteiger partial charge on any atom is 0.256 e. The van der Waals surface area contributed by atoms with Gasteiger partial charge in [0.2, 0.25) is 0 Å². The zero-order valence-corrected chi connectivity index (χ0v) is 14.7. The molecule has 0 aliphatic carbocycles. The SMILES string of the molecule is COCCN1CCN(C(=O)c2ccccc2N)CC1C.Cl.Cl. The highest BCUT2D eigenvalue weighted by molar-refractivity contribution is 5.99. The van der Waals surface area contributed by atoms with Gasteiger partial charge in [-0.15, -0.1) is 24.8 Å². The third-order valence-corrected chi connectivity index (χ3v) is 3.83. The first-order chi connectivity index (χ1) is 9.63. The largest absolute Gasteiger partial charge is 0.398 e. The summed E-state index contributed by atoms with van der Waals surface area (Å²) >= 11 is 0. The van der Waals surface area contributed by atoms with Gasteiger partial charge < -0.3 is 15.4 Å². The highest BCUT2D eigenvalue weighted by atomic mass is 35.5. The van der Waals surface area contributed by atoms with Gasteiger partial charge in [0.05, 0.1) is 12.2 Å². The van der Waals surface area contributed by atoms with E-state index < -0.39 is 0 Å². The molecule has 1 heterocycles. The predicted molar refractivity (Wildman–Crippen MR) is 94.2 cm³/mol. The van der Waals surface area contributed by atoms with Gasteiger partial charge in [0, 0.05) is 45.0 Å². The molecule has 1 aliphatic rings. The average Bonchev–Trinajstić information content (AvgIpc) is 2.46. The van der Waals surface area contributed by atoms with Crippen molar-refractivity contribution in [3.63, 3.8) is 0 Å². The minimum Gasteiger partial charge on any atom is -0.398 e. The fourth-order valence-electron chi connectivity index (χ4n) is 2.58. The van der Waals surface area contributed by atoms with Crippen molar-refractivity contribution in [1.29, 1.82) is 0 Å². The van der Waals surface area contributed by atoms with E-state index in [0.29, 0.717) is 17.3 Å². The standard InChI is InChI=1S/C15H23N3O2.2ClH/c1-12-11-18(8-7-17(12)9-10-20-2)15(19)13-5-3-4-6-14(13)16;;/h3-6,12H,7-11,16H2,1-2H3;2*1H. The van der Waals surface area contributed by atoms with Crippen molar-refractivity contribution in [2.45, 2.75) is 13.0 Å². The normalized spacial score (nSPS) is 18.3. The van der Waals surface area contributed by atoms with Crippen LogP contribution in [0.5, 0.6) is 0 Å². The van der Waals surface area contributed by atoms with Gasteiger partial charge >= 0.3 is 0 Å². The average molecular weight is 350 g/mol. The summed E-state index contributed by atoms with van der Waals surface area (Å²) in [5.74, 6) is 0.0290. The van der Waals surface area contributed by atoms with Crippen LogP contribution in [0, 0.1) is 0 Å². The van der Waals surface area contributed by atoms with E-state index in [1.54, 1.807) is 19.2 Å². The third kappa shape index (κ3) is 5.02. The number of hydrogen-bond donors (Lipinski definition) is 1. The lowest BCUT2D eigenvalue weighted by atomic mass is 10.1. The number of para-hydroxylation sites is 1. The number of hydrogen-bond acceptors (Lipinski definition) is 4. The molecular weight excluding hydrogens is 325 g/mol. The van der Waals surface area contributed by atoms with Gasteiger partial charge in [-0.25, -0.2) is 0 Å². The van der Waals surface area contributed by atoms with Crippen molar-refractivity contribution in [1.82, 2.24) is 9.80 Å². The molecule has 0 saturated carbocycles. The van der Waals surface area contributed by atoms with Gasteiger partial charge in [-0.05, 0) is 19.1 Å². The first kappa shape index (κ1) is 21.0. The number of amides is 1. The molecule has 1 atom stereocenters. The van der Waals surface area contributed by atoms with Crippen LogP contribution >= 0.6 is 24.8 Å². The van der Waals surface area contributed by atoms with E-state index >= 15 is 0 Å². The monoisotopic (exact) mass is 349 g/mol. The highest BCUT2D eigenvalue weighted by Crippen LogP contribution is 2.17. The van der Waals surface area contributed by atoms with E-state index in [1.165, 1.54) is 0 Å². The first-order valence-electron chi connectivity index (χ1n) is 7.00. The molecule has 1 aromatic rings. The summed E-state index contributed by atoms with van der Waals surface area (Å²) in [4.78, 5) is 16.7. The highest BCUT2D eigenvalue weighted by Gasteiger charge is 2.27. The van der Waals surface area contributed by atoms with Crippen molar-refractivity contribution in [3.8, 4) is 0 Å². The van der Waals surface area contributed by atoms with Gasteiger partial charge in [-0.1, -0.05) is 12.1 Å². The first-order valence-corrected chi connectivity index (χ1v) is 7.00. The number of nitrogens with zero attached hydrogens (tertiary/aromatic N) is 2. The van der Waals surface area contributed by atoms with Crippen LogP contribution in [0.4, 0.5) is 5.69 Å². The summed E-state index contributed by atoms with van der Waals surface area (Å²) in [6.45, 7) is 6.13. The minimum absolute atomic E-state index is 0. The van der Waals surface area contributed by atoms with E-state index in [1.807, 2.05) is 17.0 Å². The summed E-state index contributed by atoms with van der Waals surface area (Å²) < 4.78 is 5.11. The summed E-state index contributed by atoms with van der Waals surface area (Å²) in [5, 5.41) is 0. The van der Waals surface area contributed by atoms with Crippen LogP contribution in [-0.2, 0) is 4.74 Å². The van der Waals surface area contributed by atoms with Crippen molar-refractivity contribution in [3.05, 3.63) is 29.8 Å². The van der Waals surface area contributed by atoms with Crippen LogP contribution in [0.3, 0.4) is 0 Å². The second-order valence-corrected chi connectivity index (χ2v) is 5.22. The number of carbonyl (C=O) groups excluding carboxylic acids is 1. The Balaban J connectivity index is 0.00000220. The van der Waals surface area contributed by atoms with Crippen molar-refractivity contribution >= 4 is 36.4 Å². The van der Waals surface area contributed by atoms with Crippen molar-refractivity contribution in [2.24, 2.45) is 0 Å². The van der Waals surface area contributed by atoms with Crippen molar-refractivity contribution in [2.75, 3.05) is 45.6 Å². The molecular formula is C15H25Cl2N3O2. The smallest absolute Gasteiger partial charge is 0.256 e. The Bertz CT molecular complexity index is 474. The Kier molecular flexibility index (Phi) is 9.44. The lowest BCUT2D eigenvalue weighted by molar-refractivity contribution is 0.0435. The second kappa shape index (κ2) is 9.90. The number of piperazine rings is 1. The molecule has 1 aliphatic heterocycles. The van der Waals surface area contributed by atoms with Crippen molar-refractivity contribution < 1.29 is 9.53 Å². The topological polar surface area (TPSA) is 58.8 Å². The lowest BCUT2D eigenvalue weighted by Crippen LogP contribution is -2.54. The molecule has 2 N–H and O–H groups in total. The molecule has 22 heavy (non-hydrogen) atoms. The van der Waals surface area contributed by atoms with Gasteiger partial charge in [-0.2, -0.15) is 0 Å². The summed E-state index contributed by atoms with van der Waals surface area (Å²) in [6, 6.07) is 7.59. The zero-order chi connectivity index (χ0) is 14.5. The van der Waals surface area contributed by atoms with E-state index in [2.05, 4.69) is 11.8 Å². The molecule has 0 spiro atoms. The lowest BCUT2D eigenvalue weighted by Gasteiger charge is -2.39. The number of methoxy groups -OCH3 is 1. The molecule has 1 fully saturated rings. The van der Waals surface area contributed by atoms with Gasteiger partial charge in [0.15, 0.2) is 0 Å². The maximum absolute atomic E-state index is 12.5. The van der Waals surface area contributed by atoms with Gasteiger partial charge in [0.1, 0.15) is 0 Å². The summed E-state index contributed by atoms with van der Waals surface area (Å²) in [6.07, 6.45) is 0. The van der Waals surface area contributed by atoms with Crippen LogP contribution in [0.2, 0.25) is 0 Å². The molecule has 1 amide bonds. The third-order valence-electron chi connectivity index (χ3n) is 3.83. The molecule has 1 unspecified atom stereocenters. The molecule has 0 bridgehead atoms. The number of rotatable bonds is 4. The fourth-order valence-corrected chi connectivity index (χ4v) is 2.58. The van der Waals surface area contributed by atoms with Crippen LogP contribution in [0.25, 0.3) is 0 Å². The van der Waals surface area contributed by atoms with Gasteiger partial charge in [0.25, 0.3) is 5.91 Å². The van der Waals surface area contributed by atoms with Crippen LogP contribution in [0.1, 0.15) is 17.3 Å². The molecule has 1 saturated heterocycles.